The molecule has 1 aromatic heterocycles. The molecule has 2 aliphatic heterocycles. The summed E-state index contributed by atoms with van der Waals surface area (Å²) in [6.45, 7) is 15.2. The third-order valence-electron chi connectivity index (χ3n) is 6.41. The van der Waals surface area contributed by atoms with E-state index in [0.29, 0.717) is 12.0 Å². The number of ether oxygens (including phenoxy) is 1. The molecule has 2 saturated heterocycles. The van der Waals surface area contributed by atoms with Crippen molar-refractivity contribution in [3.05, 3.63) is 5.82 Å². The molecule has 3 rings (SSSR count). The number of hydrogen-bond acceptors (Lipinski definition) is 7. The second-order valence-corrected chi connectivity index (χ2v) is 8.77. The van der Waals surface area contributed by atoms with Gasteiger partial charge < -0.3 is 19.9 Å². The highest BCUT2D eigenvalue weighted by molar-refractivity contribution is 14.0. The van der Waals surface area contributed by atoms with Crippen LogP contribution in [0.25, 0.3) is 0 Å². The van der Waals surface area contributed by atoms with Crippen LogP contribution >= 0.6 is 35.5 Å². The van der Waals surface area contributed by atoms with Gasteiger partial charge in [-0.1, -0.05) is 33.6 Å². The molecule has 2 fully saturated rings. The lowest BCUT2D eigenvalue weighted by atomic mass is 9.92. The molecule has 1 unspecified atom stereocenters. The smallest absolute Gasteiger partial charge is 0.205 e. The molecule has 2 aliphatic rings. The molecule has 31 heavy (non-hydrogen) atoms. The number of hydrogen-bond donors (Lipinski definition) is 1. The molecular weight excluding hydrogens is 525 g/mol. The molecule has 0 radical (unpaired) electrons. The fraction of sp³-hybridized carbons (Fsp3) is 0.857. The minimum Gasteiger partial charge on any atom is -0.379 e. The highest BCUT2D eigenvalue weighted by Crippen LogP contribution is 2.21. The first-order chi connectivity index (χ1) is 14.7. The Morgan fingerprint density at radius 2 is 1.77 bits per heavy atom. The average molecular weight is 566 g/mol. The van der Waals surface area contributed by atoms with Crippen LogP contribution in [0.15, 0.2) is 4.99 Å². The molecular formula is C21H40IN7OS. The molecule has 1 N–H and O–H groups in total. The molecule has 3 heterocycles. The van der Waals surface area contributed by atoms with Crippen LogP contribution in [0.3, 0.4) is 0 Å². The summed E-state index contributed by atoms with van der Waals surface area (Å²) in [7, 11) is 1.90. The second kappa shape index (κ2) is 13.7. The maximum atomic E-state index is 5.59. The van der Waals surface area contributed by atoms with E-state index < -0.39 is 0 Å². The number of aliphatic imine (C=N–C) groups is 1. The van der Waals surface area contributed by atoms with Crippen LogP contribution in [0.2, 0.25) is 0 Å². The first kappa shape index (κ1) is 26.5. The quantitative estimate of drug-likeness (QED) is 0.295. The number of nitrogens with one attached hydrogen (secondary N) is 1. The summed E-state index contributed by atoms with van der Waals surface area (Å²) in [5.41, 5.74) is 0. The van der Waals surface area contributed by atoms with E-state index in [1.165, 1.54) is 24.4 Å². The van der Waals surface area contributed by atoms with Gasteiger partial charge in [-0.05, 0) is 5.92 Å². The number of anilines is 1. The summed E-state index contributed by atoms with van der Waals surface area (Å²) in [5, 5.41) is 4.75. The van der Waals surface area contributed by atoms with Gasteiger partial charge in [-0.2, -0.15) is 4.37 Å². The molecule has 0 saturated carbocycles. The maximum Gasteiger partial charge on any atom is 0.205 e. The van der Waals surface area contributed by atoms with Crippen molar-refractivity contribution in [3.63, 3.8) is 0 Å². The van der Waals surface area contributed by atoms with Gasteiger partial charge in [0.25, 0.3) is 0 Å². The lowest BCUT2D eigenvalue weighted by Crippen LogP contribution is -2.56. The maximum absolute atomic E-state index is 5.59. The Bertz CT molecular complexity index is 656. The van der Waals surface area contributed by atoms with Crippen LogP contribution in [0, 0.1) is 5.92 Å². The predicted octanol–water partition coefficient (Wildman–Crippen LogP) is 2.55. The Balaban J connectivity index is 0.00000341. The fourth-order valence-electron chi connectivity index (χ4n) is 4.49. The standard InChI is InChI=1S/C21H39N7OS.HI/c1-5-17(6-2)18(26-12-14-29-15-13-26)16-23-20(22-4)27-8-10-28(11-9-27)21-24-19(7-3)25-30-21;/h17-18H,5-16H2,1-4H3,(H,22,23);1H. The van der Waals surface area contributed by atoms with Gasteiger partial charge in [-0.15, -0.1) is 24.0 Å². The van der Waals surface area contributed by atoms with Gasteiger partial charge in [0.2, 0.25) is 5.13 Å². The van der Waals surface area contributed by atoms with E-state index in [0.717, 1.165) is 82.4 Å². The number of aryl methyl sites for hydroxylation is 1. The van der Waals surface area contributed by atoms with Crippen molar-refractivity contribution in [1.29, 1.82) is 0 Å². The second-order valence-electron chi connectivity index (χ2n) is 8.04. The van der Waals surface area contributed by atoms with E-state index in [9.17, 15) is 0 Å². The van der Waals surface area contributed by atoms with Crippen molar-refractivity contribution in [2.45, 2.75) is 46.1 Å². The molecule has 1 aromatic rings. The molecule has 0 spiro atoms. The van der Waals surface area contributed by atoms with E-state index in [4.69, 9.17) is 4.74 Å². The van der Waals surface area contributed by atoms with Crippen molar-refractivity contribution in [3.8, 4) is 0 Å². The van der Waals surface area contributed by atoms with Crippen LogP contribution in [0.1, 0.15) is 39.4 Å². The van der Waals surface area contributed by atoms with Crippen LogP contribution in [0.4, 0.5) is 5.13 Å². The molecule has 0 bridgehead atoms. The highest BCUT2D eigenvalue weighted by atomic mass is 127. The number of guanidine groups is 1. The van der Waals surface area contributed by atoms with Crippen LogP contribution in [0.5, 0.6) is 0 Å². The van der Waals surface area contributed by atoms with Crippen molar-refractivity contribution < 1.29 is 4.74 Å². The molecule has 0 amide bonds. The van der Waals surface area contributed by atoms with Crippen molar-refractivity contribution in [2.24, 2.45) is 10.9 Å². The summed E-state index contributed by atoms with van der Waals surface area (Å²) in [6, 6.07) is 0.524. The Morgan fingerprint density at radius 3 is 2.32 bits per heavy atom. The Labute approximate surface area is 209 Å². The Hall–Kier alpha value is -0.720. The molecule has 0 aromatic carbocycles. The molecule has 0 aliphatic carbocycles. The minimum absolute atomic E-state index is 0. The van der Waals surface area contributed by atoms with Crippen molar-refractivity contribution in [1.82, 2.24) is 24.5 Å². The average Bonchev–Trinajstić information content (AvgIpc) is 3.29. The predicted molar refractivity (Wildman–Crippen MR) is 140 cm³/mol. The first-order valence-electron chi connectivity index (χ1n) is 11.5. The van der Waals surface area contributed by atoms with Gasteiger partial charge in [0.05, 0.1) is 13.2 Å². The number of piperazine rings is 1. The number of nitrogens with zero attached hydrogens (tertiary/aromatic N) is 6. The Kier molecular flexibility index (Phi) is 11.8. The summed E-state index contributed by atoms with van der Waals surface area (Å²) < 4.78 is 10.0. The lowest BCUT2D eigenvalue weighted by Gasteiger charge is -2.40. The van der Waals surface area contributed by atoms with Gasteiger partial charge in [0.15, 0.2) is 5.96 Å². The summed E-state index contributed by atoms with van der Waals surface area (Å²) in [4.78, 5) is 16.6. The highest BCUT2D eigenvalue weighted by Gasteiger charge is 2.28. The van der Waals surface area contributed by atoms with E-state index in [1.807, 2.05) is 7.05 Å². The van der Waals surface area contributed by atoms with Crippen molar-refractivity contribution >= 4 is 46.6 Å². The van der Waals surface area contributed by atoms with E-state index in [2.05, 4.69) is 55.1 Å². The molecule has 10 heteroatoms. The largest absolute Gasteiger partial charge is 0.379 e. The number of aromatic nitrogens is 2. The third kappa shape index (κ3) is 7.13. The monoisotopic (exact) mass is 565 g/mol. The van der Waals surface area contributed by atoms with Gasteiger partial charge in [-0.3, -0.25) is 9.89 Å². The number of morpholine rings is 1. The molecule has 8 nitrogen and oxygen atoms in total. The van der Waals surface area contributed by atoms with E-state index in [1.54, 1.807) is 0 Å². The third-order valence-corrected chi connectivity index (χ3v) is 7.23. The fourth-order valence-corrected chi connectivity index (χ4v) is 5.29. The zero-order chi connectivity index (χ0) is 21.3. The zero-order valence-electron chi connectivity index (χ0n) is 19.5. The van der Waals surface area contributed by atoms with Crippen LogP contribution in [-0.2, 0) is 11.2 Å². The van der Waals surface area contributed by atoms with Crippen LogP contribution < -0.4 is 10.2 Å². The number of rotatable bonds is 8. The van der Waals surface area contributed by atoms with Gasteiger partial charge in [0.1, 0.15) is 5.82 Å². The van der Waals surface area contributed by atoms with Crippen LogP contribution in [-0.4, -0.2) is 97.2 Å². The number of halogens is 1. The molecule has 178 valence electrons. The van der Waals surface area contributed by atoms with Crippen molar-refractivity contribution in [2.75, 3.05) is 71.0 Å². The van der Waals surface area contributed by atoms with E-state index in [-0.39, 0.29) is 24.0 Å². The SMILES string of the molecule is CCc1nsc(N2CCN(C(=NC)NCC(C(CC)CC)N3CCOCC3)CC2)n1.I. The Morgan fingerprint density at radius 1 is 1.10 bits per heavy atom. The lowest BCUT2D eigenvalue weighted by molar-refractivity contribution is 0.00259. The van der Waals surface area contributed by atoms with E-state index >= 15 is 0 Å². The zero-order valence-corrected chi connectivity index (χ0v) is 22.7. The van der Waals surface area contributed by atoms with Gasteiger partial charge in [0, 0.05) is 76.9 Å². The minimum atomic E-state index is 0. The molecule has 1 atom stereocenters. The topological polar surface area (TPSA) is 69.1 Å². The summed E-state index contributed by atoms with van der Waals surface area (Å²) >= 11 is 1.52. The first-order valence-corrected chi connectivity index (χ1v) is 12.3. The summed E-state index contributed by atoms with van der Waals surface area (Å²) in [6.07, 6.45) is 3.31. The van der Waals surface area contributed by atoms with Gasteiger partial charge in [-0.25, -0.2) is 4.98 Å². The van der Waals surface area contributed by atoms with Gasteiger partial charge >= 0.3 is 0 Å². The normalized spacial score (nSPS) is 19.5. The summed E-state index contributed by atoms with van der Waals surface area (Å²) in [5.74, 6) is 2.66.